The van der Waals surface area contributed by atoms with Gasteiger partial charge in [0.1, 0.15) is 5.75 Å². The SMILES string of the molecule is CCOc1cccc2c1ccn2CCCC1CCCO1. The van der Waals surface area contributed by atoms with Crippen molar-refractivity contribution in [2.45, 2.75) is 45.3 Å². The van der Waals surface area contributed by atoms with Gasteiger partial charge < -0.3 is 14.0 Å². The third-order valence-electron chi connectivity index (χ3n) is 4.02. The summed E-state index contributed by atoms with van der Waals surface area (Å²) in [5, 5.41) is 1.21. The largest absolute Gasteiger partial charge is 0.493 e. The summed E-state index contributed by atoms with van der Waals surface area (Å²) in [6, 6.07) is 8.45. The molecule has 1 saturated heterocycles. The molecule has 20 heavy (non-hydrogen) atoms. The maximum Gasteiger partial charge on any atom is 0.128 e. The summed E-state index contributed by atoms with van der Waals surface area (Å²) in [7, 11) is 0. The first-order valence-corrected chi connectivity index (χ1v) is 7.70. The third-order valence-corrected chi connectivity index (χ3v) is 4.02. The van der Waals surface area contributed by atoms with Crippen molar-refractivity contribution in [2.24, 2.45) is 0 Å². The first kappa shape index (κ1) is 13.5. The molecule has 1 atom stereocenters. The highest BCUT2D eigenvalue weighted by Gasteiger charge is 2.15. The number of aryl methyl sites for hydroxylation is 1. The Morgan fingerprint density at radius 1 is 1.35 bits per heavy atom. The van der Waals surface area contributed by atoms with Crippen molar-refractivity contribution in [3.05, 3.63) is 30.5 Å². The van der Waals surface area contributed by atoms with E-state index in [4.69, 9.17) is 9.47 Å². The Kier molecular flexibility index (Phi) is 4.26. The Morgan fingerprint density at radius 3 is 3.10 bits per heavy atom. The summed E-state index contributed by atoms with van der Waals surface area (Å²) in [5.74, 6) is 0.989. The lowest BCUT2D eigenvalue weighted by molar-refractivity contribution is 0.101. The van der Waals surface area contributed by atoms with Gasteiger partial charge in [-0.3, -0.25) is 0 Å². The number of hydrogen-bond acceptors (Lipinski definition) is 2. The number of benzene rings is 1. The van der Waals surface area contributed by atoms with Gasteiger partial charge in [-0.05, 0) is 50.8 Å². The quantitative estimate of drug-likeness (QED) is 0.794. The highest BCUT2D eigenvalue weighted by atomic mass is 16.5. The van der Waals surface area contributed by atoms with Crippen LogP contribution in [0, 0.1) is 0 Å². The molecule has 2 aromatic rings. The van der Waals surface area contributed by atoms with E-state index in [1.54, 1.807) is 0 Å². The van der Waals surface area contributed by atoms with Gasteiger partial charge in [0.25, 0.3) is 0 Å². The highest BCUT2D eigenvalue weighted by molar-refractivity contribution is 5.86. The maximum absolute atomic E-state index is 5.68. The topological polar surface area (TPSA) is 23.4 Å². The fourth-order valence-electron chi connectivity index (χ4n) is 3.03. The molecule has 108 valence electrons. The van der Waals surface area contributed by atoms with E-state index < -0.39 is 0 Å². The van der Waals surface area contributed by atoms with Crippen LogP contribution in [0.15, 0.2) is 30.5 Å². The van der Waals surface area contributed by atoms with E-state index in [0.29, 0.717) is 12.7 Å². The predicted octanol–water partition coefficient (Wildman–Crippen LogP) is 4.00. The van der Waals surface area contributed by atoms with Crippen molar-refractivity contribution in [1.29, 1.82) is 0 Å². The lowest BCUT2D eigenvalue weighted by atomic mass is 10.1. The van der Waals surface area contributed by atoms with Crippen LogP contribution in [0.5, 0.6) is 5.75 Å². The van der Waals surface area contributed by atoms with Gasteiger partial charge in [-0.1, -0.05) is 6.07 Å². The fourth-order valence-corrected chi connectivity index (χ4v) is 3.03. The molecule has 0 N–H and O–H groups in total. The van der Waals surface area contributed by atoms with E-state index >= 15 is 0 Å². The third kappa shape index (κ3) is 2.83. The normalized spacial score (nSPS) is 18.8. The second kappa shape index (κ2) is 6.31. The van der Waals surface area contributed by atoms with Crippen LogP contribution in [0.25, 0.3) is 10.9 Å². The molecule has 1 aromatic carbocycles. The Hall–Kier alpha value is -1.48. The molecular formula is C17H23NO2. The molecule has 1 aromatic heterocycles. The molecule has 0 bridgehead atoms. The smallest absolute Gasteiger partial charge is 0.128 e. The van der Waals surface area contributed by atoms with Crippen molar-refractivity contribution < 1.29 is 9.47 Å². The molecule has 0 saturated carbocycles. The van der Waals surface area contributed by atoms with Crippen molar-refractivity contribution in [3.8, 4) is 5.75 Å². The van der Waals surface area contributed by atoms with Crippen LogP contribution in [0.1, 0.15) is 32.6 Å². The van der Waals surface area contributed by atoms with E-state index in [0.717, 1.165) is 18.9 Å². The molecule has 3 nitrogen and oxygen atoms in total. The molecular weight excluding hydrogens is 250 g/mol. The lowest BCUT2D eigenvalue weighted by Crippen LogP contribution is -2.06. The van der Waals surface area contributed by atoms with Crippen LogP contribution in [0.3, 0.4) is 0 Å². The molecule has 1 aliphatic heterocycles. The van der Waals surface area contributed by atoms with Crippen molar-refractivity contribution in [3.63, 3.8) is 0 Å². The molecule has 1 fully saturated rings. The first-order valence-electron chi connectivity index (χ1n) is 7.70. The van der Waals surface area contributed by atoms with Gasteiger partial charge >= 0.3 is 0 Å². The number of ether oxygens (including phenoxy) is 2. The van der Waals surface area contributed by atoms with Gasteiger partial charge in [-0.2, -0.15) is 0 Å². The molecule has 1 unspecified atom stereocenters. The van der Waals surface area contributed by atoms with Crippen LogP contribution >= 0.6 is 0 Å². The zero-order chi connectivity index (χ0) is 13.8. The van der Waals surface area contributed by atoms with Crippen molar-refractivity contribution in [1.82, 2.24) is 4.57 Å². The molecule has 3 rings (SSSR count). The number of aromatic nitrogens is 1. The van der Waals surface area contributed by atoms with Gasteiger partial charge in [-0.25, -0.2) is 0 Å². The van der Waals surface area contributed by atoms with E-state index in [2.05, 4.69) is 29.0 Å². The number of nitrogens with zero attached hydrogens (tertiary/aromatic N) is 1. The molecule has 0 aliphatic carbocycles. The van der Waals surface area contributed by atoms with Crippen LogP contribution in [-0.2, 0) is 11.3 Å². The minimum atomic E-state index is 0.496. The highest BCUT2D eigenvalue weighted by Crippen LogP contribution is 2.27. The molecule has 0 amide bonds. The zero-order valence-corrected chi connectivity index (χ0v) is 12.2. The summed E-state index contributed by atoms with van der Waals surface area (Å²) in [4.78, 5) is 0. The van der Waals surface area contributed by atoms with Gasteiger partial charge in [0.15, 0.2) is 0 Å². The first-order chi connectivity index (χ1) is 9.88. The molecule has 1 aliphatic rings. The minimum Gasteiger partial charge on any atom is -0.493 e. The van der Waals surface area contributed by atoms with Crippen LogP contribution < -0.4 is 4.74 Å². The van der Waals surface area contributed by atoms with Crippen molar-refractivity contribution in [2.75, 3.05) is 13.2 Å². The average molecular weight is 273 g/mol. The Bertz CT molecular complexity index is 555. The summed E-state index contributed by atoms with van der Waals surface area (Å²) < 4.78 is 13.7. The predicted molar refractivity (Wildman–Crippen MR) is 81.3 cm³/mol. The molecule has 2 heterocycles. The van der Waals surface area contributed by atoms with Crippen LogP contribution in [0.4, 0.5) is 0 Å². The van der Waals surface area contributed by atoms with Crippen LogP contribution in [-0.4, -0.2) is 23.9 Å². The molecule has 3 heteroatoms. The standard InChI is InChI=1S/C17H23NO2/c1-2-19-17-9-3-8-16-15(17)10-12-18(16)11-4-6-14-7-5-13-20-14/h3,8-10,12,14H,2,4-7,11,13H2,1H3. The average Bonchev–Trinajstić information content (AvgIpc) is 3.10. The van der Waals surface area contributed by atoms with Gasteiger partial charge in [0, 0.05) is 24.7 Å². The van der Waals surface area contributed by atoms with E-state index in [1.165, 1.54) is 36.6 Å². The second-order valence-electron chi connectivity index (χ2n) is 5.41. The maximum atomic E-state index is 5.68. The monoisotopic (exact) mass is 273 g/mol. The van der Waals surface area contributed by atoms with E-state index in [-0.39, 0.29) is 0 Å². The molecule has 0 spiro atoms. The Labute approximate surface area is 120 Å². The number of hydrogen-bond donors (Lipinski definition) is 0. The molecule has 0 radical (unpaired) electrons. The van der Waals surface area contributed by atoms with Crippen molar-refractivity contribution >= 4 is 10.9 Å². The van der Waals surface area contributed by atoms with Gasteiger partial charge in [0.05, 0.1) is 18.2 Å². The minimum absolute atomic E-state index is 0.496. The fraction of sp³-hybridized carbons (Fsp3) is 0.529. The summed E-state index contributed by atoms with van der Waals surface area (Å²) >= 11 is 0. The second-order valence-corrected chi connectivity index (χ2v) is 5.41. The summed E-state index contributed by atoms with van der Waals surface area (Å²) in [6.45, 7) is 4.74. The number of fused-ring (bicyclic) bond motifs is 1. The lowest BCUT2D eigenvalue weighted by Gasteiger charge is -2.10. The van der Waals surface area contributed by atoms with Gasteiger partial charge in [-0.15, -0.1) is 0 Å². The summed E-state index contributed by atoms with van der Waals surface area (Å²) in [6.07, 6.45) is 7.48. The van der Waals surface area contributed by atoms with E-state index in [9.17, 15) is 0 Å². The van der Waals surface area contributed by atoms with Gasteiger partial charge in [0.2, 0.25) is 0 Å². The summed E-state index contributed by atoms with van der Waals surface area (Å²) in [5.41, 5.74) is 1.27. The van der Waals surface area contributed by atoms with Crippen LogP contribution in [0.2, 0.25) is 0 Å². The Morgan fingerprint density at radius 2 is 2.30 bits per heavy atom. The number of rotatable bonds is 6. The van der Waals surface area contributed by atoms with E-state index in [1.807, 2.05) is 13.0 Å². The zero-order valence-electron chi connectivity index (χ0n) is 12.2. The Balaban J connectivity index is 1.67.